The summed E-state index contributed by atoms with van der Waals surface area (Å²) in [6.07, 6.45) is 1.76. The van der Waals surface area contributed by atoms with Gasteiger partial charge >= 0.3 is 0 Å². The van der Waals surface area contributed by atoms with E-state index in [2.05, 4.69) is 23.7 Å². The molecule has 1 aliphatic rings. The Hall–Kier alpha value is -1.23. The van der Waals surface area contributed by atoms with Crippen molar-refractivity contribution in [2.75, 3.05) is 23.7 Å². The molecule has 2 heterocycles. The molecule has 0 radical (unpaired) electrons. The lowest BCUT2D eigenvalue weighted by atomic mass is 10.1. The molecule has 0 saturated carbocycles. The summed E-state index contributed by atoms with van der Waals surface area (Å²) < 4.78 is 0.226. The largest absolute Gasteiger partial charge is 0.384 e. The van der Waals surface area contributed by atoms with Crippen molar-refractivity contribution in [3.63, 3.8) is 0 Å². The van der Waals surface area contributed by atoms with Crippen LogP contribution in [0, 0.1) is 5.41 Å². The second-order valence-corrected chi connectivity index (χ2v) is 6.62. The smallest absolute Gasteiger partial charge is 0.139 e. The fourth-order valence-electron chi connectivity index (χ4n) is 2.06. The van der Waals surface area contributed by atoms with Crippen LogP contribution in [-0.4, -0.2) is 34.4 Å². The number of hydrogen-bond acceptors (Lipinski definition) is 4. The Kier molecular flexibility index (Phi) is 3.28. The molecule has 4 nitrogen and oxygen atoms in total. The predicted octanol–water partition coefficient (Wildman–Crippen LogP) is 1.70. The number of nitrogens with two attached hydrogens (primary N) is 1. The van der Waals surface area contributed by atoms with Crippen LogP contribution in [-0.2, 0) is 0 Å². The average Bonchev–Trinajstić information content (AvgIpc) is 2.27. The van der Waals surface area contributed by atoms with Gasteiger partial charge in [-0.3, -0.25) is 5.41 Å². The lowest BCUT2D eigenvalue weighted by Crippen LogP contribution is -2.44. The zero-order chi connectivity index (χ0) is 12.5. The van der Waals surface area contributed by atoms with Crippen LogP contribution >= 0.6 is 11.8 Å². The third-order valence-corrected chi connectivity index (χ3v) is 4.10. The van der Waals surface area contributed by atoms with Gasteiger partial charge in [0.15, 0.2) is 0 Å². The molecule has 1 fully saturated rings. The summed E-state index contributed by atoms with van der Waals surface area (Å²) in [6.45, 7) is 6.38. The topological polar surface area (TPSA) is 66.0 Å². The van der Waals surface area contributed by atoms with Crippen LogP contribution in [0.3, 0.4) is 0 Å². The van der Waals surface area contributed by atoms with Crippen LogP contribution in [0.2, 0.25) is 0 Å². The minimum absolute atomic E-state index is 0.0872. The fourth-order valence-corrected chi connectivity index (χ4v) is 3.17. The Balaban J connectivity index is 2.30. The first-order valence-corrected chi connectivity index (χ1v) is 6.66. The maximum Gasteiger partial charge on any atom is 0.139 e. The van der Waals surface area contributed by atoms with Crippen molar-refractivity contribution in [1.82, 2.24) is 4.98 Å². The molecule has 1 aliphatic heterocycles. The Morgan fingerprint density at radius 2 is 2.35 bits per heavy atom. The first-order chi connectivity index (χ1) is 7.99. The van der Waals surface area contributed by atoms with Crippen molar-refractivity contribution in [1.29, 1.82) is 5.41 Å². The van der Waals surface area contributed by atoms with Gasteiger partial charge in [-0.05, 0) is 26.0 Å². The highest BCUT2D eigenvalue weighted by atomic mass is 32.2. The van der Waals surface area contributed by atoms with Gasteiger partial charge in [-0.25, -0.2) is 4.98 Å². The van der Waals surface area contributed by atoms with E-state index in [9.17, 15) is 0 Å². The molecule has 1 aromatic heterocycles. The molecule has 92 valence electrons. The van der Waals surface area contributed by atoms with Crippen molar-refractivity contribution in [2.24, 2.45) is 5.73 Å². The Labute approximate surface area is 106 Å². The number of pyridine rings is 1. The summed E-state index contributed by atoms with van der Waals surface area (Å²) in [7, 11) is 0. The fraction of sp³-hybridized carbons (Fsp3) is 0.500. The number of nitrogens with zero attached hydrogens (tertiary/aromatic N) is 2. The van der Waals surface area contributed by atoms with Gasteiger partial charge in [0.05, 0.1) is 5.56 Å². The molecule has 2 rings (SSSR count). The van der Waals surface area contributed by atoms with E-state index in [4.69, 9.17) is 11.1 Å². The molecule has 1 saturated heterocycles. The summed E-state index contributed by atoms with van der Waals surface area (Å²) in [5.74, 6) is 2.01. The molecule has 1 aromatic rings. The number of hydrogen-bond donors (Lipinski definition) is 2. The minimum Gasteiger partial charge on any atom is -0.384 e. The van der Waals surface area contributed by atoms with Gasteiger partial charge in [0.25, 0.3) is 0 Å². The predicted molar refractivity (Wildman–Crippen MR) is 74.0 cm³/mol. The van der Waals surface area contributed by atoms with Gasteiger partial charge in [0.2, 0.25) is 0 Å². The maximum atomic E-state index is 7.60. The number of thioether (sulfide) groups is 1. The van der Waals surface area contributed by atoms with Crippen molar-refractivity contribution < 1.29 is 0 Å². The van der Waals surface area contributed by atoms with Crippen LogP contribution < -0.4 is 10.6 Å². The number of anilines is 1. The normalized spacial score (nSPS) is 19.1. The highest BCUT2D eigenvalue weighted by Crippen LogP contribution is 2.32. The van der Waals surface area contributed by atoms with E-state index >= 15 is 0 Å². The van der Waals surface area contributed by atoms with Gasteiger partial charge in [-0.15, -0.1) is 0 Å². The van der Waals surface area contributed by atoms with Crippen molar-refractivity contribution >= 4 is 23.4 Å². The SMILES string of the molecule is CC1(C)CN(c2ncccc2C(=N)N)CCS1. The highest BCUT2D eigenvalue weighted by molar-refractivity contribution is 8.00. The standard InChI is InChI=1S/C12H18N4S/c1-12(2)8-16(6-7-17-12)11-9(10(13)14)4-3-5-15-11/h3-5H,6-8H2,1-2H3,(H3,13,14). The third-order valence-electron chi connectivity index (χ3n) is 2.80. The Morgan fingerprint density at radius 3 is 3.00 bits per heavy atom. The van der Waals surface area contributed by atoms with E-state index in [-0.39, 0.29) is 10.6 Å². The highest BCUT2D eigenvalue weighted by Gasteiger charge is 2.28. The molecular formula is C12H18N4S. The minimum atomic E-state index is 0.0872. The zero-order valence-corrected chi connectivity index (χ0v) is 11.0. The zero-order valence-electron chi connectivity index (χ0n) is 10.2. The Morgan fingerprint density at radius 1 is 1.59 bits per heavy atom. The average molecular weight is 250 g/mol. The maximum absolute atomic E-state index is 7.60. The lowest BCUT2D eigenvalue weighted by Gasteiger charge is -2.38. The van der Waals surface area contributed by atoms with Crippen molar-refractivity contribution in [3.05, 3.63) is 23.9 Å². The van der Waals surface area contributed by atoms with E-state index in [0.717, 1.165) is 30.2 Å². The van der Waals surface area contributed by atoms with E-state index < -0.39 is 0 Å². The van der Waals surface area contributed by atoms with Gasteiger partial charge in [-0.2, -0.15) is 11.8 Å². The molecule has 0 atom stereocenters. The van der Waals surface area contributed by atoms with Crippen LogP contribution in [0.15, 0.2) is 18.3 Å². The number of rotatable bonds is 2. The van der Waals surface area contributed by atoms with E-state index in [0.29, 0.717) is 0 Å². The van der Waals surface area contributed by atoms with E-state index in [1.54, 1.807) is 6.20 Å². The number of nitrogens with one attached hydrogen (secondary N) is 1. The summed E-state index contributed by atoms with van der Waals surface area (Å²) in [4.78, 5) is 6.61. The number of amidine groups is 1. The summed E-state index contributed by atoms with van der Waals surface area (Å²) >= 11 is 1.98. The second kappa shape index (κ2) is 4.56. The van der Waals surface area contributed by atoms with Crippen molar-refractivity contribution in [3.8, 4) is 0 Å². The molecule has 0 spiro atoms. The van der Waals surface area contributed by atoms with Gasteiger partial charge in [0, 0.05) is 29.8 Å². The molecule has 0 aromatic carbocycles. The number of nitrogen functional groups attached to an aromatic ring is 1. The first kappa shape index (κ1) is 12.2. The van der Waals surface area contributed by atoms with E-state index in [1.165, 1.54) is 0 Å². The third kappa shape index (κ3) is 2.72. The van der Waals surface area contributed by atoms with Gasteiger partial charge in [0.1, 0.15) is 11.7 Å². The van der Waals surface area contributed by atoms with Crippen LogP contribution in [0.1, 0.15) is 19.4 Å². The summed E-state index contributed by atoms with van der Waals surface area (Å²) in [5.41, 5.74) is 6.33. The van der Waals surface area contributed by atoms with Crippen LogP contribution in [0.5, 0.6) is 0 Å². The molecule has 3 N–H and O–H groups in total. The van der Waals surface area contributed by atoms with E-state index in [1.807, 2.05) is 23.9 Å². The quantitative estimate of drug-likeness (QED) is 0.619. The summed E-state index contributed by atoms with van der Waals surface area (Å²) in [6, 6.07) is 3.68. The molecule has 0 amide bonds. The van der Waals surface area contributed by atoms with Gasteiger partial charge in [-0.1, -0.05) is 0 Å². The molecule has 5 heteroatoms. The molecule has 0 unspecified atom stereocenters. The monoisotopic (exact) mass is 250 g/mol. The molecule has 0 aliphatic carbocycles. The van der Waals surface area contributed by atoms with Gasteiger partial charge < -0.3 is 10.6 Å². The van der Waals surface area contributed by atoms with Crippen LogP contribution in [0.25, 0.3) is 0 Å². The van der Waals surface area contributed by atoms with Crippen LogP contribution in [0.4, 0.5) is 5.82 Å². The molecule has 17 heavy (non-hydrogen) atoms. The summed E-state index contributed by atoms with van der Waals surface area (Å²) in [5, 5.41) is 7.60. The molecule has 0 bridgehead atoms. The second-order valence-electron chi connectivity index (χ2n) is 4.82. The number of aromatic nitrogens is 1. The lowest BCUT2D eigenvalue weighted by molar-refractivity contribution is 0.642. The first-order valence-electron chi connectivity index (χ1n) is 5.68. The van der Waals surface area contributed by atoms with Crippen molar-refractivity contribution in [2.45, 2.75) is 18.6 Å². The molecular weight excluding hydrogens is 232 g/mol. The Bertz CT molecular complexity index is 430.